The van der Waals surface area contributed by atoms with Gasteiger partial charge in [0.05, 0.1) is 18.4 Å². The molecule has 0 saturated heterocycles. The van der Waals surface area contributed by atoms with E-state index in [2.05, 4.69) is 15.6 Å². The molecule has 0 atom stereocenters. The highest BCUT2D eigenvalue weighted by atomic mass is 16.4. The fourth-order valence-electron chi connectivity index (χ4n) is 1.41. The van der Waals surface area contributed by atoms with Crippen LogP contribution in [0, 0.1) is 0 Å². The predicted octanol–water partition coefficient (Wildman–Crippen LogP) is 0.689. The van der Waals surface area contributed by atoms with Gasteiger partial charge in [0.2, 0.25) is 5.91 Å². The van der Waals surface area contributed by atoms with Gasteiger partial charge in [-0.2, -0.15) is 0 Å². The van der Waals surface area contributed by atoms with Gasteiger partial charge in [-0.3, -0.25) is 4.79 Å². The highest BCUT2D eigenvalue weighted by Crippen LogP contribution is 2.15. The van der Waals surface area contributed by atoms with Crippen molar-refractivity contribution in [1.29, 1.82) is 0 Å². The van der Waals surface area contributed by atoms with Crippen LogP contribution < -0.4 is 16.4 Å². The molecule has 0 aliphatic heterocycles. The van der Waals surface area contributed by atoms with Crippen molar-refractivity contribution in [2.24, 2.45) is 0 Å². The number of aromatic nitrogens is 1. The third kappa shape index (κ3) is 4.82. The molecule has 1 rings (SSSR count). The molecule has 0 bridgehead atoms. The molecule has 7 heteroatoms. The fraction of sp³-hybridized carbons (Fsp3) is 0.417. The first-order valence-corrected chi connectivity index (χ1v) is 5.73. The molecule has 0 aromatic carbocycles. The summed E-state index contributed by atoms with van der Waals surface area (Å²) in [6.07, 6.45) is 1.33. The van der Waals surface area contributed by atoms with Crippen LogP contribution in [-0.2, 0) is 4.79 Å². The van der Waals surface area contributed by atoms with Crippen molar-refractivity contribution in [3.8, 4) is 0 Å². The number of anilines is 2. The van der Waals surface area contributed by atoms with Crippen LogP contribution in [-0.4, -0.2) is 34.1 Å². The molecule has 1 heterocycles. The molecule has 104 valence electrons. The number of carbonyl (C=O) groups excluding carboxylic acids is 1. The number of nitrogens with one attached hydrogen (secondary N) is 2. The molecular formula is C12H18N4O3. The Bertz CT molecular complexity index is 494. The second-order valence-electron chi connectivity index (χ2n) is 5.12. The second kappa shape index (κ2) is 5.55. The summed E-state index contributed by atoms with van der Waals surface area (Å²) in [5.74, 6) is -1.29. The fourth-order valence-corrected chi connectivity index (χ4v) is 1.41. The molecule has 0 aliphatic rings. The van der Waals surface area contributed by atoms with E-state index in [0.717, 1.165) is 0 Å². The first-order valence-electron chi connectivity index (χ1n) is 5.73. The molecule has 7 nitrogen and oxygen atoms in total. The number of rotatable bonds is 4. The molecule has 0 spiro atoms. The average molecular weight is 266 g/mol. The molecule has 1 aromatic rings. The zero-order valence-electron chi connectivity index (χ0n) is 11.2. The van der Waals surface area contributed by atoms with Gasteiger partial charge in [0.25, 0.3) is 0 Å². The van der Waals surface area contributed by atoms with Gasteiger partial charge in [-0.15, -0.1) is 0 Å². The normalized spacial score (nSPS) is 10.9. The average Bonchev–Trinajstić information content (AvgIpc) is 2.24. The van der Waals surface area contributed by atoms with E-state index in [4.69, 9.17) is 10.8 Å². The smallest absolute Gasteiger partial charge is 0.339 e. The van der Waals surface area contributed by atoms with E-state index in [1.165, 1.54) is 12.3 Å². The van der Waals surface area contributed by atoms with Gasteiger partial charge in [0.1, 0.15) is 11.4 Å². The monoisotopic (exact) mass is 266 g/mol. The zero-order chi connectivity index (χ0) is 14.6. The van der Waals surface area contributed by atoms with Crippen LogP contribution in [0.15, 0.2) is 12.3 Å². The van der Waals surface area contributed by atoms with E-state index in [1.807, 2.05) is 20.8 Å². The summed E-state index contributed by atoms with van der Waals surface area (Å²) in [6.45, 7) is 5.51. The maximum Gasteiger partial charge on any atom is 0.339 e. The highest BCUT2D eigenvalue weighted by molar-refractivity contribution is 5.94. The minimum absolute atomic E-state index is 0.0610. The molecule has 0 saturated carbocycles. The third-order valence-corrected chi connectivity index (χ3v) is 2.07. The number of carbonyl (C=O) groups is 2. The van der Waals surface area contributed by atoms with E-state index in [9.17, 15) is 9.59 Å². The Kier molecular flexibility index (Phi) is 4.31. The number of hydrogen-bond acceptors (Lipinski definition) is 5. The summed E-state index contributed by atoms with van der Waals surface area (Å²) in [5.41, 5.74) is 5.31. The molecular weight excluding hydrogens is 248 g/mol. The van der Waals surface area contributed by atoms with Gasteiger partial charge < -0.3 is 21.5 Å². The number of aromatic carboxylic acids is 1. The first-order chi connectivity index (χ1) is 8.69. The molecule has 0 aliphatic carbocycles. The quantitative estimate of drug-likeness (QED) is 0.637. The minimum Gasteiger partial charge on any atom is -0.478 e. The van der Waals surface area contributed by atoms with Gasteiger partial charge >= 0.3 is 5.97 Å². The minimum atomic E-state index is -1.15. The highest BCUT2D eigenvalue weighted by Gasteiger charge is 2.16. The van der Waals surface area contributed by atoms with Crippen molar-refractivity contribution in [2.45, 2.75) is 26.3 Å². The Labute approximate surface area is 111 Å². The van der Waals surface area contributed by atoms with Crippen molar-refractivity contribution in [3.05, 3.63) is 17.8 Å². The number of hydrogen-bond donors (Lipinski definition) is 4. The van der Waals surface area contributed by atoms with Crippen LogP contribution in [0.4, 0.5) is 11.5 Å². The van der Waals surface area contributed by atoms with E-state index < -0.39 is 5.97 Å². The van der Waals surface area contributed by atoms with Gasteiger partial charge in [0, 0.05) is 5.54 Å². The SMILES string of the molecule is CC(C)(C)NC(=O)CNc1ncc(N)cc1C(=O)O. The maximum atomic E-state index is 11.6. The maximum absolute atomic E-state index is 11.6. The largest absolute Gasteiger partial charge is 0.478 e. The van der Waals surface area contributed by atoms with Crippen molar-refractivity contribution < 1.29 is 14.7 Å². The second-order valence-corrected chi connectivity index (χ2v) is 5.12. The van der Waals surface area contributed by atoms with Crippen LogP contribution in [0.1, 0.15) is 31.1 Å². The first kappa shape index (κ1) is 14.7. The lowest BCUT2D eigenvalue weighted by Crippen LogP contribution is -2.43. The van der Waals surface area contributed by atoms with E-state index in [-0.39, 0.29) is 35.1 Å². The standard InChI is InChI=1S/C12H18N4O3/c1-12(2,3)16-9(17)6-15-10-8(11(18)19)4-7(13)5-14-10/h4-5H,6,13H2,1-3H3,(H,14,15)(H,16,17)(H,18,19). The number of nitrogens with zero attached hydrogens (tertiary/aromatic N) is 1. The van der Waals surface area contributed by atoms with Gasteiger partial charge in [-0.25, -0.2) is 9.78 Å². The summed E-state index contributed by atoms with van der Waals surface area (Å²) in [5, 5.41) is 14.4. The Balaban J connectivity index is 2.73. The number of nitrogens with two attached hydrogens (primary N) is 1. The molecule has 19 heavy (non-hydrogen) atoms. The zero-order valence-corrected chi connectivity index (χ0v) is 11.2. The lowest BCUT2D eigenvalue weighted by molar-refractivity contribution is -0.120. The molecule has 1 aromatic heterocycles. The third-order valence-electron chi connectivity index (χ3n) is 2.07. The molecule has 0 unspecified atom stereocenters. The van der Waals surface area contributed by atoms with Gasteiger partial charge in [0.15, 0.2) is 0 Å². The van der Waals surface area contributed by atoms with E-state index in [1.54, 1.807) is 0 Å². The van der Waals surface area contributed by atoms with Crippen LogP contribution in [0.3, 0.4) is 0 Å². The van der Waals surface area contributed by atoms with E-state index in [0.29, 0.717) is 0 Å². The van der Waals surface area contributed by atoms with E-state index >= 15 is 0 Å². The Morgan fingerprint density at radius 3 is 2.58 bits per heavy atom. The van der Waals surface area contributed by atoms with Gasteiger partial charge in [-0.1, -0.05) is 0 Å². The van der Waals surface area contributed by atoms with Crippen molar-refractivity contribution in [2.75, 3.05) is 17.6 Å². The number of amides is 1. The number of nitrogen functional groups attached to an aromatic ring is 1. The summed E-state index contributed by atoms with van der Waals surface area (Å²) in [4.78, 5) is 26.5. The number of carboxylic acid groups (broad SMARTS) is 1. The number of pyridine rings is 1. The van der Waals surface area contributed by atoms with Crippen LogP contribution in [0.2, 0.25) is 0 Å². The summed E-state index contributed by atoms with van der Waals surface area (Å²) in [7, 11) is 0. The molecule has 0 radical (unpaired) electrons. The Morgan fingerprint density at radius 2 is 2.05 bits per heavy atom. The summed E-state index contributed by atoms with van der Waals surface area (Å²) >= 11 is 0. The Hall–Kier alpha value is -2.31. The number of carboxylic acids is 1. The lowest BCUT2D eigenvalue weighted by Gasteiger charge is -2.20. The van der Waals surface area contributed by atoms with Crippen molar-refractivity contribution in [3.63, 3.8) is 0 Å². The van der Waals surface area contributed by atoms with Crippen LogP contribution in [0.25, 0.3) is 0 Å². The molecule has 5 N–H and O–H groups in total. The predicted molar refractivity (Wildman–Crippen MR) is 72.0 cm³/mol. The summed E-state index contributed by atoms with van der Waals surface area (Å²) in [6, 6.07) is 1.29. The lowest BCUT2D eigenvalue weighted by atomic mass is 10.1. The topological polar surface area (TPSA) is 117 Å². The van der Waals surface area contributed by atoms with Gasteiger partial charge in [-0.05, 0) is 26.8 Å². The van der Waals surface area contributed by atoms with Crippen molar-refractivity contribution in [1.82, 2.24) is 10.3 Å². The van der Waals surface area contributed by atoms with Crippen molar-refractivity contribution >= 4 is 23.4 Å². The molecule has 1 amide bonds. The van der Waals surface area contributed by atoms with Crippen LogP contribution in [0.5, 0.6) is 0 Å². The molecule has 0 fully saturated rings. The Morgan fingerprint density at radius 1 is 1.42 bits per heavy atom. The van der Waals surface area contributed by atoms with Crippen LogP contribution >= 0.6 is 0 Å². The summed E-state index contributed by atoms with van der Waals surface area (Å²) < 4.78 is 0.